The molecule has 0 unspecified atom stereocenters. The maximum absolute atomic E-state index is 12.2. The van der Waals surface area contributed by atoms with Crippen LogP contribution in [0.15, 0.2) is 42.5 Å². The number of rotatable bonds is 5. The topological polar surface area (TPSA) is 72.9 Å². The van der Waals surface area contributed by atoms with Crippen LogP contribution in [0.5, 0.6) is 5.75 Å². The van der Waals surface area contributed by atoms with Crippen molar-refractivity contribution < 1.29 is 24.0 Å². The summed E-state index contributed by atoms with van der Waals surface area (Å²) >= 11 is 6.07. The van der Waals surface area contributed by atoms with Gasteiger partial charge in [-0.2, -0.15) is 0 Å². The summed E-state index contributed by atoms with van der Waals surface area (Å²) in [4.78, 5) is 41.6. The second-order valence-electron chi connectivity index (χ2n) is 5.25. The number of benzene rings is 2. The highest BCUT2D eigenvalue weighted by Crippen LogP contribution is 2.29. The fourth-order valence-electron chi connectivity index (χ4n) is 2.54. The number of nitrogens with zero attached hydrogens (tertiary/aromatic N) is 1. The minimum Gasteiger partial charge on any atom is -0.492 e. The fraction of sp³-hybridized carbons (Fsp3) is 0.167. The van der Waals surface area contributed by atoms with Crippen LogP contribution < -0.4 is 4.74 Å². The van der Waals surface area contributed by atoms with Crippen LogP contribution in [0, 0.1) is 0 Å². The van der Waals surface area contributed by atoms with Gasteiger partial charge in [0.15, 0.2) is 0 Å². The average Bonchev–Trinajstić information content (AvgIpc) is 2.83. The molecule has 0 bridgehead atoms. The molecule has 1 aliphatic rings. The van der Waals surface area contributed by atoms with Crippen LogP contribution in [0.2, 0.25) is 5.02 Å². The second kappa shape index (κ2) is 6.94. The van der Waals surface area contributed by atoms with Crippen LogP contribution in [0.4, 0.5) is 0 Å². The van der Waals surface area contributed by atoms with Gasteiger partial charge in [-0.15, -0.1) is 0 Å². The van der Waals surface area contributed by atoms with E-state index in [-0.39, 0.29) is 17.5 Å². The Bertz CT molecular complexity index is 829. The van der Waals surface area contributed by atoms with E-state index in [1.165, 1.54) is 12.1 Å². The number of hydrogen-bond donors (Lipinski definition) is 0. The second-order valence-corrected chi connectivity index (χ2v) is 5.66. The molecule has 1 aliphatic heterocycles. The Morgan fingerprint density at radius 3 is 2.28 bits per heavy atom. The highest BCUT2D eigenvalue weighted by atomic mass is 35.5. The normalized spacial score (nSPS) is 13.0. The van der Waals surface area contributed by atoms with E-state index in [1.54, 1.807) is 37.3 Å². The first kappa shape index (κ1) is 17.0. The van der Waals surface area contributed by atoms with Crippen molar-refractivity contribution in [3.05, 3.63) is 64.2 Å². The molecule has 7 heteroatoms. The summed E-state index contributed by atoms with van der Waals surface area (Å²) in [5.41, 5.74) is 0.923. The Kier molecular flexibility index (Phi) is 4.72. The van der Waals surface area contributed by atoms with E-state index < -0.39 is 17.8 Å². The van der Waals surface area contributed by atoms with Gasteiger partial charge in [0, 0.05) is 5.56 Å². The molecule has 1 heterocycles. The number of amides is 2. The molecule has 0 atom stereocenters. The predicted octanol–water partition coefficient (Wildman–Crippen LogP) is 3.04. The highest BCUT2D eigenvalue weighted by molar-refractivity contribution is 6.32. The van der Waals surface area contributed by atoms with E-state index in [2.05, 4.69) is 0 Å². The number of carbonyl (C=O) groups is 3. The summed E-state index contributed by atoms with van der Waals surface area (Å²) in [5, 5.41) is 0.852. The molecule has 2 amide bonds. The van der Waals surface area contributed by atoms with Crippen LogP contribution in [0.1, 0.15) is 33.2 Å². The highest BCUT2D eigenvalue weighted by Gasteiger charge is 2.38. The van der Waals surface area contributed by atoms with Crippen LogP contribution >= 0.6 is 11.6 Å². The molecule has 0 radical (unpaired) electrons. The summed E-state index contributed by atoms with van der Waals surface area (Å²) in [7, 11) is 0. The molecule has 3 rings (SSSR count). The summed E-state index contributed by atoms with van der Waals surface area (Å²) in [5.74, 6) is -1.71. The largest absolute Gasteiger partial charge is 0.492 e. The Hall–Kier alpha value is -2.86. The lowest BCUT2D eigenvalue weighted by atomic mass is 10.1. The standard InChI is InChI=1S/C18H14ClNO5/c1-2-24-16-11(6-5-9-14(16)19)10-15(21)25-20-17(22)12-7-3-4-8-13(12)18(20)23/h3-9H,2,10H2,1H3. The van der Waals surface area contributed by atoms with E-state index in [1.807, 2.05) is 0 Å². The number of fused-ring (bicyclic) bond motifs is 1. The van der Waals surface area contributed by atoms with Gasteiger partial charge in [-0.3, -0.25) is 9.59 Å². The molecule has 6 nitrogen and oxygen atoms in total. The number of hydrogen-bond acceptors (Lipinski definition) is 5. The fourth-order valence-corrected chi connectivity index (χ4v) is 2.79. The summed E-state index contributed by atoms with van der Waals surface area (Å²) < 4.78 is 5.44. The Morgan fingerprint density at radius 1 is 1.04 bits per heavy atom. The Labute approximate surface area is 148 Å². The van der Waals surface area contributed by atoms with E-state index in [0.717, 1.165) is 0 Å². The number of halogens is 1. The number of carbonyl (C=O) groups excluding carboxylic acids is 3. The van der Waals surface area contributed by atoms with Gasteiger partial charge in [-0.25, -0.2) is 4.79 Å². The molecule has 2 aromatic rings. The van der Waals surface area contributed by atoms with Gasteiger partial charge in [0.2, 0.25) is 0 Å². The smallest absolute Gasteiger partial charge is 0.337 e. The van der Waals surface area contributed by atoms with Crippen LogP contribution in [-0.2, 0) is 16.1 Å². The van der Waals surface area contributed by atoms with Gasteiger partial charge in [-0.05, 0) is 25.1 Å². The van der Waals surface area contributed by atoms with Crippen molar-refractivity contribution in [3.63, 3.8) is 0 Å². The van der Waals surface area contributed by atoms with E-state index in [9.17, 15) is 14.4 Å². The number of ether oxygens (including phenoxy) is 1. The molecule has 0 N–H and O–H groups in total. The van der Waals surface area contributed by atoms with E-state index in [4.69, 9.17) is 21.2 Å². The summed E-state index contributed by atoms with van der Waals surface area (Å²) in [6.45, 7) is 2.18. The van der Waals surface area contributed by atoms with Crippen molar-refractivity contribution in [2.75, 3.05) is 6.61 Å². The zero-order valence-corrected chi connectivity index (χ0v) is 14.1. The Morgan fingerprint density at radius 2 is 1.68 bits per heavy atom. The van der Waals surface area contributed by atoms with Crippen molar-refractivity contribution in [2.24, 2.45) is 0 Å². The molecular formula is C18H14ClNO5. The average molecular weight is 360 g/mol. The van der Waals surface area contributed by atoms with Crippen LogP contribution in [0.25, 0.3) is 0 Å². The van der Waals surface area contributed by atoms with Gasteiger partial charge in [-0.1, -0.05) is 40.9 Å². The van der Waals surface area contributed by atoms with Crippen LogP contribution in [-0.4, -0.2) is 29.5 Å². The Balaban J connectivity index is 1.76. The molecule has 25 heavy (non-hydrogen) atoms. The van der Waals surface area contributed by atoms with Crippen molar-refractivity contribution in [3.8, 4) is 5.75 Å². The molecule has 2 aromatic carbocycles. The first-order valence-corrected chi connectivity index (χ1v) is 7.99. The molecule has 0 aromatic heterocycles. The lowest BCUT2D eigenvalue weighted by Crippen LogP contribution is -2.33. The minimum atomic E-state index is -0.766. The molecule has 0 aliphatic carbocycles. The predicted molar refractivity (Wildman–Crippen MR) is 89.4 cm³/mol. The zero-order valence-electron chi connectivity index (χ0n) is 13.3. The third-order valence-corrected chi connectivity index (χ3v) is 3.92. The number of para-hydroxylation sites is 1. The number of hydroxylamine groups is 2. The van der Waals surface area contributed by atoms with Crippen molar-refractivity contribution in [2.45, 2.75) is 13.3 Å². The summed E-state index contributed by atoms with van der Waals surface area (Å²) in [6, 6.07) is 11.3. The van der Waals surface area contributed by atoms with Crippen LogP contribution in [0.3, 0.4) is 0 Å². The van der Waals surface area contributed by atoms with Gasteiger partial charge in [0.05, 0.1) is 29.2 Å². The first-order valence-electron chi connectivity index (χ1n) is 7.61. The molecule has 0 spiro atoms. The SMILES string of the molecule is CCOc1c(Cl)cccc1CC(=O)ON1C(=O)c2ccccc2C1=O. The van der Waals surface area contributed by atoms with E-state index in [0.29, 0.717) is 28.0 Å². The third-order valence-electron chi connectivity index (χ3n) is 3.62. The lowest BCUT2D eigenvalue weighted by molar-refractivity contribution is -0.167. The number of imide groups is 1. The van der Waals surface area contributed by atoms with Gasteiger partial charge < -0.3 is 9.57 Å². The van der Waals surface area contributed by atoms with Gasteiger partial charge >= 0.3 is 5.97 Å². The maximum Gasteiger partial charge on any atom is 0.337 e. The zero-order chi connectivity index (χ0) is 18.0. The quantitative estimate of drug-likeness (QED) is 0.767. The molecule has 0 saturated carbocycles. The monoisotopic (exact) mass is 359 g/mol. The minimum absolute atomic E-state index is 0.191. The van der Waals surface area contributed by atoms with Gasteiger partial charge in [0.1, 0.15) is 5.75 Å². The maximum atomic E-state index is 12.2. The lowest BCUT2D eigenvalue weighted by Gasteiger charge is -2.14. The van der Waals surface area contributed by atoms with Crippen molar-refractivity contribution >= 4 is 29.4 Å². The molecule has 0 fully saturated rings. The van der Waals surface area contributed by atoms with Gasteiger partial charge in [0.25, 0.3) is 11.8 Å². The third kappa shape index (κ3) is 3.21. The first-order chi connectivity index (χ1) is 12.0. The van der Waals surface area contributed by atoms with E-state index >= 15 is 0 Å². The van der Waals surface area contributed by atoms with Crippen molar-refractivity contribution in [1.82, 2.24) is 5.06 Å². The molecule has 0 saturated heterocycles. The summed E-state index contributed by atoms with van der Waals surface area (Å²) in [6.07, 6.45) is -0.191. The molecular weight excluding hydrogens is 346 g/mol. The van der Waals surface area contributed by atoms with Crippen molar-refractivity contribution in [1.29, 1.82) is 0 Å². The molecule has 128 valence electrons.